The first-order valence-corrected chi connectivity index (χ1v) is 6.53. The Hall–Kier alpha value is -1.54. The molecule has 1 rings (SSSR count). The van der Waals surface area contributed by atoms with Crippen LogP contribution in [0.5, 0.6) is 0 Å². The summed E-state index contributed by atoms with van der Waals surface area (Å²) in [4.78, 5) is 0. The Balaban J connectivity index is 0.00000137. The number of hydrogen-bond donors (Lipinski definition) is 2. The number of nitrogens with two attached hydrogens (primary N) is 2. The van der Waals surface area contributed by atoms with Crippen LogP contribution in [-0.4, -0.2) is 0 Å². The summed E-state index contributed by atoms with van der Waals surface area (Å²) < 4.78 is 0. The van der Waals surface area contributed by atoms with Crippen molar-refractivity contribution in [2.75, 3.05) is 0 Å². The highest BCUT2D eigenvalue weighted by molar-refractivity contribution is 5.30. The van der Waals surface area contributed by atoms with Gasteiger partial charge in [-0.15, -0.1) is 0 Å². The molecule has 0 fully saturated rings. The molecule has 1 aromatic rings. The normalized spacial score (nSPS) is 13.6. The van der Waals surface area contributed by atoms with Gasteiger partial charge in [0.25, 0.3) is 0 Å². The molecule has 2 nitrogen and oxygen atoms in total. The van der Waals surface area contributed by atoms with Crippen molar-refractivity contribution in [3.63, 3.8) is 0 Å². The van der Waals surface area contributed by atoms with Gasteiger partial charge in [0, 0.05) is 5.70 Å². The fraction of sp³-hybridized carbons (Fsp3) is 0.375. The largest absolute Gasteiger partial charge is 0.402 e. The van der Waals surface area contributed by atoms with Gasteiger partial charge in [0.15, 0.2) is 0 Å². The molecule has 1 unspecified atom stereocenters. The first-order valence-electron chi connectivity index (χ1n) is 6.53. The standard InChI is InChI=1S/C14H20N2.C2H6/c1-3-4-10-13(11(2)15)14(16)12-8-6-5-7-9-12;1-2/h3-9,14H,10,15-16H2,1-2H3;1-2H3/b4-3?,13-11-;. The molecule has 1 atom stereocenters. The van der Waals surface area contributed by atoms with E-state index in [1.165, 1.54) is 0 Å². The van der Waals surface area contributed by atoms with E-state index in [0.717, 1.165) is 23.3 Å². The van der Waals surface area contributed by atoms with Crippen molar-refractivity contribution >= 4 is 0 Å². The van der Waals surface area contributed by atoms with Crippen LogP contribution < -0.4 is 11.5 Å². The zero-order valence-electron chi connectivity index (χ0n) is 12.0. The van der Waals surface area contributed by atoms with Gasteiger partial charge in [0.2, 0.25) is 0 Å². The number of benzene rings is 1. The van der Waals surface area contributed by atoms with Crippen LogP contribution in [0.3, 0.4) is 0 Å². The predicted molar refractivity (Wildman–Crippen MR) is 81.0 cm³/mol. The number of hydrogen-bond acceptors (Lipinski definition) is 2. The van der Waals surface area contributed by atoms with E-state index in [-0.39, 0.29) is 6.04 Å². The predicted octanol–water partition coefficient (Wildman–Crippen LogP) is 3.91. The highest BCUT2D eigenvalue weighted by atomic mass is 14.7. The smallest absolute Gasteiger partial charge is 0.0533 e. The molecule has 0 amide bonds. The van der Waals surface area contributed by atoms with Gasteiger partial charge in [-0.25, -0.2) is 0 Å². The Morgan fingerprint density at radius 3 is 2.22 bits per heavy atom. The minimum Gasteiger partial charge on any atom is -0.402 e. The maximum Gasteiger partial charge on any atom is 0.0533 e. The second-order valence-corrected chi connectivity index (χ2v) is 3.87. The monoisotopic (exact) mass is 246 g/mol. The summed E-state index contributed by atoms with van der Waals surface area (Å²) in [5.74, 6) is 0. The highest BCUT2D eigenvalue weighted by Gasteiger charge is 2.11. The van der Waals surface area contributed by atoms with Crippen LogP contribution in [0.15, 0.2) is 53.8 Å². The molecule has 0 saturated carbocycles. The molecule has 0 saturated heterocycles. The topological polar surface area (TPSA) is 52.0 Å². The van der Waals surface area contributed by atoms with Crippen molar-refractivity contribution in [1.29, 1.82) is 0 Å². The second-order valence-electron chi connectivity index (χ2n) is 3.87. The molecule has 2 heteroatoms. The van der Waals surface area contributed by atoms with Crippen molar-refractivity contribution in [2.45, 2.75) is 40.2 Å². The molecule has 0 spiro atoms. The van der Waals surface area contributed by atoms with Crippen LogP contribution in [0.4, 0.5) is 0 Å². The van der Waals surface area contributed by atoms with Gasteiger partial charge < -0.3 is 11.5 Å². The fourth-order valence-electron chi connectivity index (χ4n) is 1.64. The first kappa shape index (κ1) is 16.5. The molecule has 0 aromatic heterocycles. The van der Waals surface area contributed by atoms with Crippen LogP contribution in [0.1, 0.15) is 45.7 Å². The van der Waals surface area contributed by atoms with E-state index < -0.39 is 0 Å². The molecular weight excluding hydrogens is 220 g/mol. The quantitative estimate of drug-likeness (QED) is 0.791. The molecule has 0 bridgehead atoms. The third kappa shape index (κ3) is 5.19. The van der Waals surface area contributed by atoms with E-state index in [1.807, 2.05) is 64.1 Å². The number of allylic oxidation sites excluding steroid dienone is 3. The van der Waals surface area contributed by atoms with Crippen molar-refractivity contribution in [3.8, 4) is 0 Å². The summed E-state index contributed by atoms with van der Waals surface area (Å²) in [7, 11) is 0. The van der Waals surface area contributed by atoms with E-state index in [4.69, 9.17) is 11.5 Å². The van der Waals surface area contributed by atoms with E-state index in [0.29, 0.717) is 0 Å². The molecule has 0 aliphatic carbocycles. The SMILES string of the molecule is CC.CC=CC/C(=C(\C)N)C(N)c1ccccc1. The van der Waals surface area contributed by atoms with Gasteiger partial charge in [-0.2, -0.15) is 0 Å². The van der Waals surface area contributed by atoms with E-state index >= 15 is 0 Å². The lowest BCUT2D eigenvalue weighted by atomic mass is 9.95. The molecule has 0 aliphatic heterocycles. The first-order chi connectivity index (χ1) is 8.66. The maximum absolute atomic E-state index is 6.21. The van der Waals surface area contributed by atoms with Crippen molar-refractivity contribution in [1.82, 2.24) is 0 Å². The highest BCUT2D eigenvalue weighted by Crippen LogP contribution is 2.23. The van der Waals surface area contributed by atoms with Gasteiger partial charge in [-0.3, -0.25) is 0 Å². The Morgan fingerprint density at radius 1 is 1.22 bits per heavy atom. The zero-order chi connectivity index (χ0) is 14.0. The third-order valence-corrected chi connectivity index (χ3v) is 2.61. The third-order valence-electron chi connectivity index (χ3n) is 2.61. The molecule has 0 heterocycles. The van der Waals surface area contributed by atoms with E-state index in [1.54, 1.807) is 0 Å². The molecule has 4 N–H and O–H groups in total. The Bertz CT molecular complexity index is 373. The summed E-state index contributed by atoms with van der Waals surface area (Å²) in [6.07, 6.45) is 4.91. The van der Waals surface area contributed by atoms with E-state index in [9.17, 15) is 0 Å². The molecule has 100 valence electrons. The summed E-state index contributed by atoms with van der Waals surface area (Å²) in [5, 5.41) is 0. The van der Waals surface area contributed by atoms with Gasteiger partial charge >= 0.3 is 0 Å². The van der Waals surface area contributed by atoms with Crippen LogP contribution in [0, 0.1) is 0 Å². The Kier molecular flexibility index (Phi) is 8.67. The molecular formula is C16H26N2. The van der Waals surface area contributed by atoms with Gasteiger partial charge in [-0.05, 0) is 31.4 Å². The summed E-state index contributed by atoms with van der Waals surface area (Å²) >= 11 is 0. The summed E-state index contributed by atoms with van der Waals surface area (Å²) in [6, 6.07) is 9.93. The van der Waals surface area contributed by atoms with Gasteiger partial charge in [0.05, 0.1) is 6.04 Å². The van der Waals surface area contributed by atoms with Crippen LogP contribution in [-0.2, 0) is 0 Å². The second kappa shape index (κ2) is 9.49. The summed E-state index contributed by atoms with van der Waals surface area (Å²) in [6.45, 7) is 7.90. The van der Waals surface area contributed by atoms with Gasteiger partial charge in [-0.1, -0.05) is 56.3 Å². The van der Waals surface area contributed by atoms with Gasteiger partial charge in [0.1, 0.15) is 0 Å². The minimum atomic E-state index is -0.109. The van der Waals surface area contributed by atoms with Crippen LogP contribution in [0.25, 0.3) is 0 Å². The Labute approximate surface area is 111 Å². The molecule has 0 radical (unpaired) electrons. The zero-order valence-corrected chi connectivity index (χ0v) is 12.0. The maximum atomic E-state index is 6.21. The lowest BCUT2D eigenvalue weighted by Gasteiger charge is -2.17. The average molecular weight is 246 g/mol. The number of rotatable bonds is 4. The van der Waals surface area contributed by atoms with Crippen LogP contribution >= 0.6 is 0 Å². The Morgan fingerprint density at radius 2 is 1.78 bits per heavy atom. The molecule has 1 aromatic carbocycles. The lowest BCUT2D eigenvalue weighted by molar-refractivity contribution is 0.800. The molecule has 0 aliphatic rings. The van der Waals surface area contributed by atoms with Crippen LogP contribution in [0.2, 0.25) is 0 Å². The minimum absolute atomic E-state index is 0.109. The summed E-state index contributed by atoms with van der Waals surface area (Å²) in [5.41, 5.74) is 15.1. The van der Waals surface area contributed by atoms with Crippen molar-refractivity contribution < 1.29 is 0 Å². The van der Waals surface area contributed by atoms with Crippen molar-refractivity contribution in [3.05, 3.63) is 59.3 Å². The van der Waals surface area contributed by atoms with Crippen molar-refractivity contribution in [2.24, 2.45) is 11.5 Å². The molecule has 18 heavy (non-hydrogen) atoms. The fourth-order valence-corrected chi connectivity index (χ4v) is 1.64. The average Bonchev–Trinajstić information content (AvgIpc) is 2.42. The van der Waals surface area contributed by atoms with E-state index in [2.05, 4.69) is 6.08 Å². The lowest BCUT2D eigenvalue weighted by Crippen LogP contribution is -2.16.